The first-order valence-corrected chi connectivity index (χ1v) is 8.68. The highest BCUT2D eigenvalue weighted by molar-refractivity contribution is 6.31. The normalized spacial score (nSPS) is 17.8. The lowest BCUT2D eigenvalue weighted by molar-refractivity contribution is -0.133. The van der Waals surface area contributed by atoms with E-state index in [1.807, 2.05) is 37.4 Å². The molecule has 130 valence electrons. The summed E-state index contributed by atoms with van der Waals surface area (Å²) in [6, 6.07) is 0.110. The van der Waals surface area contributed by atoms with Gasteiger partial charge in [-0.1, -0.05) is 11.6 Å². The molecule has 0 unspecified atom stereocenters. The Morgan fingerprint density at radius 1 is 1.17 bits per heavy atom. The second kappa shape index (κ2) is 6.24. The lowest BCUT2D eigenvalue weighted by Gasteiger charge is -2.25. The number of nitrogens with zero attached hydrogens (tertiary/aromatic N) is 5. The van der Waals surface area contributed by atoms with Gasteiger partial charge in [-0.3, -0.25) is 14.2 Å². The summed E-state index contributed by atoms with van der Waals surface area (Å²) < 4.78 is 3.60. The molecule has 0 N–H and O–H groups in total. The van der Waals surface area contributed by atoms with E-state index in [4.69, 9.17) is 11.6 Å². The van der Waals surface area contributed by atoms with Crippen LogP contribution in [0.4, 0.5) is 0 Å². The number of carbonyl (C=O) groups is 1. The molecule has 24 heavy (non-hydrogen) atoms. The molecule has 0 saturated carbocycles. The Morgan fingerprint density at radius 2 is 1.88 bits per heavy atom. The van der Waals surface area contributed by atoms with Gasteiger partial charge in [0, 0.05) is 24.8 Å². The van der Waals surface area contributed by atoms with E-state index in [1.165, 1.54) is 5.56 Å². The van der Waals surface area contributed by atoms with Crippen LogP contribution < -0.4 is 0 Å². The van der Waals surface area contributed by atoms with E-state index in [-0.39, 0.29) is 18.5 Å². The quantitative estimate of drug-likeness (QED) is 0.856. The van der Waals surface area contributed by atoms with Crippen molar-refractivity contribution < 1.29 is 4.79 Å². The standard InChI is InChI=1S/C17H24ClN5O/c1-10-16(12(3)21(5)19-10)14-7-6-8-22(14)15(24)9-23-13(4)17(18)11(2)20-23/h14H,6-9H2,1-5H3/t14-/m1/s1. The van der Waals surface area contributed by atoms with Crippen LogP contribution >= 0.6 is 11.6 Å². The number of hydrogen-bond donors (Lipinski definition) is 0. The minimum atomic E-state index is 0.0856. The Bertz CT molecular complexity index is 791. The highest BCUT2D eigenvalue weighted by Crippen LogP contribution is 2.35. The number of aryl methyl sites for hydroxylation is 3. The Balaban J connectivity index is 1.85. The molecular formula is C17H24ClN5O. The Hall–Kier alpha value is -1.82. The summed E-state index contributed by atoms with van der Waals surface area (Å²) in [4.78, 5) is 14.9. The fourth-order valence-corrected chi connectivity index (χ4v) is 3.82. The lowest BCUT2D eigenvalue weighted by atomic mass is 10.0. The molecule has 0 radical (unpaired) electrons. The molecule has 0 aliphatic carbocycles. The zero-order chi connectivity index (χ0) is 17.6. The van der Waals surface area contributed by atoms with Crippen LogP contribution in [0, 0.1) is 27.7 Å². The number of halogens is 1. The zero-order valence-electron chi connectivity index (χ0n) is 14.9. The zero-order valence-corrected chi connectivity index (χ0v) is 15.7. The SMILES string of the molecule is Cc1nn(CC(=O)N2CCC[C@@H]2c2c(C)nn(C)c2C)c(C)c1Cl. The number of rotatable bonds is 3. The van der Waals surface area contributed by atoms with Gasteiger partial charge < -0.3 is 4.90 Å². The van der Waals surface area contributed by atoms with E-state index in [2.05, 4.69) is 17.1 Å². The topological polar surface area (TPSA) is 56.0 Å². The van der Waals surface area contributed by atoms with Crippen LogP contribution in [0.25, 0.3) is 0 Å². The van der Waals surface area contributed by atoms with Gasteiger partial charge in [-0.2, -0.15) is 10.2 Å². The van der Waals surface area contributed by atoms with Gasteiger partial charge in [0.25, 0.3) is 0 Å². The Morgan fingerprint density at radius 3 is 2.42 bits per heavy atom. The smallest absolute Gasteiger partial charge is 0.244 e. The van der Waals surface area contributed by atoms with Gasteiger partial charge in [-0.05, 0) is 40.5 Å². The number of hydrogen-bond acceptors (Lipinski definition) is 3. The molecule has 7 heteroatoms. The van der Waals surface area contributed by atoms with Crippen molar-refractivity contribution in [2.24, 2.45) is 7.05 Å². The average molecular weight is 350 g/mol. The second-order valence-corrected chi connectivity index (χ2v) is 6.97. The predicted octanol–water partition coefficient (Wildman–Crippen LogP) is 2.87. The predicted molar refractivity (Wildman–Crippen MR) is 93.1 cm³/mol. The van der Waals surface area contributed by atoms with Crippen LogP contribution in [0.15, 0.2) is 0 Å². The van der Waals surface area contributed by atoms with E-state index in [9.17, 15) is 4.79 Å². The Labute approximate surface area is 147 Å². The highest BCUT2D eigenvalue weighted by atomic mass is 35.5. The van der Waals surface area contributed by atoms with Crippen molar-refractivity contribution in [3.8, 4) is 0 Å². The third-order valence-corrected chi connectivity index (χ3v) is 5.60. The van der Waals surface area contributed by atoms with Crippen LogP contribution in [-0.4, -0.2) is 36.9 Å². The van der Waals surface area contributed by atoms with Crippen molar-refractivity contribution >= 4 is 17.5 Å². The van der Waals surface area contributed by atoms with Crippen molar-refractivity contribution in [2.75, 3.05) is 6.54 Å². The molecule has 3 heterocycles. The van der Waals surface area contributed by atoms with E-state index in [0.717, 1.165) is 42.2 Å². The molecule has 1 atom stereocenters. The molecule has 2 aromatic heterocycles. The summed E-state index contributed by atoms with van der Waals surface area (Å²) >= 11 is 6.19. The van der Waals surface area contributed by atoms with Gasteiger partial charge in [-0.15, -0.1) is 0 Å². The second-order valence-electron chi connectivity index (χ2n) is 6.60. The number of carbonyl (C=O) groups excluding carboxylic acids is 1. The maximum absolute atomic E-state index is 12.9. The van der Waals surface area contributed by atoms with Gasteiger partial charge in [0.1, 0.15) is 6.54 Å². The first kappa shape index (κ1) is 17.0. The summed E-state index contributed by atoms with van der Waals surface area (Å²) in [5.41, 5.74) is 4.93. The third-order valence-electron chi connectivity index (χ3n) is 5.05. The first-order chi connectivity index (χ1) is 11.3. The molecule has 1 saturated heterocycles. The number of amides is 1. The van der Waals surface area contributed by atoms with E-state index < -0.39 is 0 Å². The van der Waals surface area contributed by atoms with Crippen molar-refractivity contribution in [3.05, 3.63) is 33.4 Å². The fraction of sp³-hybridized carbons (Fsp3) is 0.588. The van der Waals surface area contributed by atoms with Gasteiger partial charge in [0.15, 0.2) is 0 Å². The summed E-state index contributed by atoms with van der Waals surface area (Å²) in [6.45, 7) is 8.85. The monoisotopic (exact) mass is 349 g/mol. The van der Waals surface area contributed by atoms with Crippen LogP contribution in [0.3, 0.4) is 0 Å². The van der Waals surface area contributed by atoms with E-state index in [0.29, 0.717) is 5.02 Å². The molecule has 1 fully saturated rings. The average Bonchev–Trinajstić information content (AvgIpc) is 3.15. The van der Waals surface area contributed by atoms with E-state index >= 15 is 0 Å². The molecule has 1 amide bonds. The molecule has 2 aromatic rings. The Kier molecular flexibility index (Phi) is 4.42. The summed E-state index contributed by atoms with van der Waals surface area (Å²) in [5, 5.41) is 9.52. The molecule has 1 aliphatic heterocycles. The maximum atomic E-state index is 12.9. The van der Waals surface area contributed by atoms with Crippen LogP contribution in [0.2, 0.25) is 5.02 Å². The largest absolute Gasteiger partial charge is 0.334 e. The van der Waals surface area contributed by atoms with Crippen LogP contribution in [0.1, 0.15) is 47.2 Å². The summed E-state index contributed by atoms with van der Waals surface area (Å²) in [5.74, 6) is 0.0856. The van der Waals surface area contributed by atoms with Crippen molar-refractivity contribution in [1.82, 2.24) is 24.5 Å². The van der Waals surface area contributed by atoms with E-state index in [1.54, 1.807) is 4.68 Å². The van der Waals surface area contributed by atoms with Gasteiger partial charge in [-0.25, -0.2) is 0 Å². The number of likely N-dealkylation sites (tertiary alicyclic amines) is 1. The van der Waals surface area contributed by atoms with Gasteiger partial charge in [0.05, 0.1) is 28.1 Å². The lowest BCUT2D eigenvalue weighted by Crippen LogP contribution is -2.34. The molecule has 3 rings (SSSR count). The molecule has 0 bridgehead atoms. The highest BCUT2D eigenvalue weighted by Gasteiger charge is 2.33. The van der Waals surface area contributed by atoms with Crippen molar-refractivity contribution in [2.45, 2.75) is 53.1 Å². The van der Waals surface area contributed by atoms with Gasteiger partial charge in [0.2, 0.25) is 5.91 Å². The molecule has 0 spiro atoms. The third kappa shape index (κ3) is 2.73. The van der Waals surface area contributed by atoms with Crippen LogP contribution in [-0.2, 0) is 18.4 Å². The first-order valence-electron chi connectivity index (χ1n) is 8.30. The summed E-state index contributed by atoms with van der Waals surface area (Å²) in [7, 11) is 1.95. The number of aromatic nitrogens is 4. The maximum Gasteiger partial charge on any atom is 0.244 e. The minimum absolute atomic E-state index is 0.0856. The fourth-order valence-electron chi connectivity index (χ4n) is 3.69. The van der Waals surface area contributed by atoms with Crippen molar-refractivity contribution in [1.29, 1.82) is 0 Å². The molecule has 0 aromatic carbocycles. The molecule has 6 nitrogen and oxygen atoms in total. The summed E-state index contributed by atoms with van der Waals surface area (Å²) in [6.07, 6.45) is 2.00. The van der Waals surface area contributed by atoms with Crippen molar-refractivity contribution in [3.63, 3.8) is 0 Å². The van der Waals surface area contributed by atoms with Crippen LogP contribution in [0.5, 0.6) is 0 Å². The molecular weight excluding hydrogens is 326 g/mol. The minimum Gasteiger partial charge on any atom is -0.334 e. The van der Waals surface area contributed by atoms with Gasteiger partial charge >= 0.3 is 0 Å². The molecule has 1 aliphatic rings.